The lowest BCUT2D eigenvalue weighted by atomic mass is 9.84. The van der Waals surface area contributed by atoms with E-state index in [0.717, 1.165) is 0 Å². The number of aldehydes is 1. The number of carbonyl (C=O) groups excluding carboxylic acids is 3. The minimum Gasteiger partial charge on any atom is -0.479 e. The predicted molar refractivity (Wildman–Crippen MR) is 68.3 cm³/mol. The molecule has 0 saturated heterocycles. The third-order valence-corrected chi connectivity index (χ3v) is 3.07. The van der Waals surface area contributed by atoms with Gasteiger partial charge in [0.1, 0.15) is 5.60 Å². The Hall–Kier alpha value is -1.91. The highest BCUT2D eigenvalue weighted by Gasteiger charge is 2.40. The summed E-state index contributed by atoms with van der Waals surface area (Å²) in [5, 5.41) is 0. The second kappa shape index (κ2) is 5.82. The third-order valence-electron chi connectivity index (χ3n) is 3.07. The molecule has 0 aromatic heterocycles. The minimum atomic E-state index is -0.987. The highest BCUT2D eigenvalue weighted by molar-refractivity contribution is 6.07. The molecule has 1 aliphatic heterocycles. The van der Waals surface area contributed by atoms with Crippen LogP contribution in [0.3, 0.4) is 0 Å². The number of hydrogen-bond donors (Lipinski definition) is 0. The molecule has 1 unspecified atom stereocenters. The normalized spacial score (nSPS) is 22.4. The van der Waals surface area contributed by atoms with E-state index < -0.39 is 11.6 Å². The smallest absolute Gasteiger partial charge is 0.338 e. The molecule has 0 aromatic carbocycles. The molecule has 5 nitrogen and oxygen atoms in total. The molecule has 1 rings (SSSR count). The number of hydrogen-bond acceptors (Lipinski definition) is 5. The van der Waals surface area contributed by atoms with Crippen molar-refractivity contribution in [3.8, 4) is 0 Å². The van der Waals surface area contributed by atoms with Crippen molar-refractivity contribution in [2.75, 3.05) is 6.61 Å². The van der Waals surface area contributed by atoms with Crippen LogP contribution in [0.4, 0.5) is 0 Å². The van der Waals surface area contributed by atoms with E-state index in [4.69, 9.17) is 9.47 Å². The summed E-state index contributed by atoms with van der Waals surface area (Å²) >= 11 is 0. The van der Waals surface area contributed by atoms with Crippen LogP contribution in [0.5, 0.6) is 0 Å². The van der Waals surface area contributed by atoms with E-state index in [2.05, 4.69) is 0 Å². The van der Waals surface area contributed by atoms with Crippen LogP contribution in [0.15, 0.2) is 23.0 Å². The number of carbonyl (C=O) groups is 3. The van der Waals surface area contributed by atoms with Gasteiger partial charge < -0.3 is 9.47 Å². The first kappa shape index (κ1) is 15.1. The maximum absolute atomic E-state index is 11.9. The van der Waals surface area contributed by atoms with Crippen molar-refractivity contribution in [1.29, 1.82) is 0 Å². The molecule has 1 heterocycles. The number of Topliss-reactive ketones (excluding diaryl/α,β-unsaturated/α-hetero) is 1. The van der Waals surface area contributed by atoms with Gasteiger partial charge in [0.05, 0.1) is 17.8 Å². The molecule has 0 bridgehead atoms. The molecule has 0 N–H and O–H groups in total. The van der Waals surface area contributed by atoms with Crippen LogP contribution in [0.25, 0.3) is 0 Å². The Kier molecular flexibility index (Phi) is 4.64. The van der Waals surface area contributed by atoms with E-state index in [1.807, 2.05) is 6.92 Å². The molecule has 5 heteroatoms. The Bertz CT molecular complexity index is 472. The number of esters is 1. The SMILES string of the molecule is CCOC(=O)C1=C(C(C)=O)C(C)(CC)OC(C=O)=C1. The van der Waals surface area contributed by atoms with Crippen molar-refractivity contribution in [2.45, 2.75) is 39.7 Å². The van der Waals surface area contributed by atoms with Crippen LogP contribution < -0.4 is 0 Å². The number of ether oxygens (including phenoxy) is 2. The first-order valence-electron chi connectivity index (χ1n) is 6.18. The second-order valence-corrected chi connectivity index (χ2v) is 4.42. The molecule has 0 spiro atoms. The van der Waals surface area contributed by atoms with Gasteiger partial charge >= 0.3 is 5.97 Å². The van der Waals surface area contributed by atoms with Crippen molar-refractivity contribution in [3.05, 3.63) is 23.0 Å². The van der Waals surface area contributed by atoms with Crippen LogP contribution in [0, 0.1) is 0 Å². The summed E-state index contributed by atoms with van der Waals surface area (Å²) in [7, 11) is 0. The van der Waals surface area contributed by atoms with Crippen LogP contribution >= 0.6 is 0 Å². The summed E-state index contributed by atoms with van der Waals surface area (Å²) in [5.41, 5.74) is -0.634. The molecule has 0 amide bonds. The average Bonchev–Trinajstić information content (AvgIpc) is 2.37. The largest absolute Gasteiger partial charge is 0.479 e. The highest BCUT2D eigenvalue weighted by atomic mass is 16.5. The monoisotopic (exact) mass is 266 g/mol. The zero-order chi connectivity index (χ0) is 14.6. The first-order chi connectivity index (χ1) is 8.89. The van der Waals surface area contributed by atoms with E-state index in [1.54, 1.807) is 13.8 Å². The fourth-order valence-corrected chi connectivity index (χ4v) is 2.08. The lowest BCUT2D eigenvalue weighted by Crippen LogP contribution is -2.38. The van der Waals surface area contributed by atoms with E-state index in [1.165, 1.54) is 13.0 Å². The van der Waals surface area contributed by atoms with Gasteiger partial charge in [0, 0.05) is 0 Å². The number of allylic oxidation sites excluding steroid dienone is 1. The van der Waals surface area contributed by atoms with Gasteiger partial charge in [-0.25, -0.2) is 4.79 Å². The molecule has 0 fully saturated rings. The average molecular weight is 266 g/mol. The Morgan fingerprint density at radius 3 is 2.47 bits per heavy atom. The Balaban J connectivity index is 3.46. The van der Waals surface area contributed by atoms with Gasteiger partial charge in [-0.15, -0.1) is 0 Å². The van der Waals surface area contributed by atoms with Crippen molar-refractivity contribution in [3.63, 3.8) is 0 Å². The zero-order valence-corrected chi connectivity index (χ0v) is 11.6. The van der Waals surface area contributed by atoms with Crippen LogP contribution in [-0.4, -0.2) is 30.2 Å². The molecule has 19 heavy (non-hydrogen) atoms. The van der Waals surface area contributed by atoms with Gasteiger partial charge in [-0.2, -0.15) is 0 Å². The minimum absolute atomic E-state index is 0.0254. The van der Waals surface area contributed by atoms with E-state index in [0.29, 0.717) is 12.7 Å². The Morgan fingerprint density at radius 1 is 1.42 bits per heavy atom. The molecule has 0 aliphatic carbocycles. The lowest BCUT2D eigenvalue weighted by Gasteiger charge is -2.35. The first-order valence-corrected chi connectivity index (χ1v) is 6.18. The summed E-state index contributed by atoms with van der Waals surface area (Å²) in [5.74, 6) is -0.860. The molecule has 0 aromatic rings. The standard InChI is InChI=1S/C14H18O5/c1-5-14(4)12(9(3)16)11(13(17)18-6-2)7-10(8-15)19-14/h7-8H,5-6H2,1-4H3. The van der Waals surface area contributed by atoms with E-state index in [-0.39, 0.29) is 29.3 Å². The third kappa shape index (κ3) is 2.92. The van der Waals surface area contributed by atoms with Crippen LogP contribution in [-0.2, 0) is 23.9 Å². The van der Waals surface area contributed by atoms with Gasteiger partial charge in [-0.3, -0.25) is 9.59 Å². The van der Waals surface area contributed by atoms with Crippen LogP contribution in [0.2, 0.25) is 0 Å². The predicted octanol–water partition coefficient (Wildman–Crippen LogP) is 1.72. The summed E-state index contributed by atoms with van der Waals surface area (Å²) in [6.45, 7) is 6.74. The van der Waals surface area contributed by atoms with E-state index in [9.17, 15) is 14.4 Å². The number of ketones is 1. The molecule has 0 radical (unpaired) electrons. The fraction of sp³-hybridized carbons (Fsp3) is 0.500. The van der Waals surface area contributed by atoms with E-state index >= 15 is 0 Å². The maximum Gasteiger partial charge on any atom is 0.338 e. The summed E-state index contributed by atoms with van der Waals surface area (Å²) < 4.78 is 10.4. The van der Waals surface area contributed by atoms with Crippen molar-refractivity contribution in [2.24, 2.45) is 0 Å². The number of rotatable bonds is 5. The lowest BCUT2D eigenvalue weighted by molar-refractivity contribution is -0.139. The van der Waals surface area contributed by atoms with Crippen molar-refractivity contribution >= 4 is 18.0 Å². The molecule has 0 saturated carbocycles. The Morgan fingerprint density at radius 2 is 2.05 bits per heavy atom. The van der Waals surface area contributed by atoms with Crippen LogP contribution in [0.1, 0.15) is 34.1 Å². The second-order valence-electron chi connectivity index (χ2n) is 4.42. The summed E-state index contributed by atoms with van der Waals surface area (Å²) in [6.07, 6.45) is 2.24. The quantitative estimate of drug-likeness (QED) is 0.559. The molecular formula is C14H18O5. The van der Waals surface area contributed by atoms with Gasteiger partial charge in [-0.05, 0) is 33.3 Å². The molecule has 104 valence electrons. The van der Waals surface area contributed by atoms with Gasteiger partial charge in [0.15, 0.2) is 17.8 Å². The van der Waals surface area contributed by atoms with Gasteiger partial charge in [-0.1, -0.05) is 6.92 Å². The molecule has 1 atom stereocenters. The van der Waals surface area contributed by atoms with Gasteiger partial charge in [0.25, 0.3) is 0 Å². The maximum atomic E-state index is 11.9. The van der Waals surface area contributed by atoms with Crippen molar-refractivity contribution in [1.82, 2.24) is 0 Å². The van der Waals surface area contributed by atoms with Gasteiger partial charge in [0.2, 0.25) is 0 Å². The topological polar surface area (TPSA) is 69.7 Å². The Labute approximate surface area is 112 Å². The summed E-state index contributed by atoms with van der Waals surface area (Å²) in [6, 6.07) is 0. The zero-order valence-electron chi connectivity index (χ0n) is 11.6. The van der Waals surface area contributed by atoms with Crippen molar-refractivity contribution < 1.29 is 23.9 Å². The summed E-state index contributed by atoms with van der Waals surface area (Å²) in [4.78, 5) is 34.7. The molecule has 1 aliphatic rings. The molecular weight excluding hydrogens is 248 g/mol. The fourth-order valence-electron chi connectivity index (χ4n) is 2.08. The highest BCUT2D eigenvalue weighted by Crippen LogP contribution is 2.35.